The van der Waals surface area contributed by atoms with Crippen LogP contribution in [0.25, 0.3) is 0 Å². The van der Waals surface area contributed by atoms with Crippen LogP contribution in [0.5, 0.6) is 0 Å². The highest BCUT2D eigenvalue weighted by Crippen LogP contribution is 2.39. The third-order valence-electron chi connectivity index (χ3n) is 5.65. The van der Waals surface area contributed by atoms with E-state index in [2.05, 4.69) is 10.5 Å². The Hall–Kier alpha value is -1.76. The topological polar surface area (TPSA) is 88.0 Å². The first-order valence-electron chi connectivity index (χ1n) is 10.5. The van der Waals surface area contributed by atoms with Crippen molar-refractivity contribution in [2.75, 3.05) is 6.61 Å². The van der Waals surface area contributed by atoms with Crippen molar-refractivity contribution < 1.29 is 19.5 Å². The van der Waals surface area contributed by atoms with Crippen LogP contribution in [0, 0.1) is 20.8 Å². The van der Waals surface area contributed by atoms with Crippen LogP contribution >= 0.6 is 34.8 Å². The molecule has 0 heterocycles. The van der Waals surface area contributed by atoms with Gasteiger partial charge in [-0.2, -0.15) is 0 Å². The van der Waals surface area contributed by atoms with Crippen LogP contribution in [0.1, 0.15) is 66.8 Å². The minimum absolute atomic E-state index is 0.0250. The number of carbonyl (C=O) groups is 2. The second-order valence-corrected chi connectivity index (χ2v) is 10.1. The highest BCUT2D eigenvalue weighted by atomic mass is 35.6. The minimum Gasteiger partial charge on any atom is -0.511 e. The highest BCUT2D eigenvalue weighted by molar-refractivity contribution is 6.76. The van der Waals surface area contributed by atoms with Crippen molar-refractivity contribution in [3.05, 3.63) is 45.2 Å². The molecule has 1 aliphatic carbocycles. The van der Waals surface area contributed by atoms with Crippen LogP contribution in [-0.4, -0.2) is 32.9 Å². The molecular formula is C23H29Cl3N2O4. The Morgan fingerprint density at radius 3 is 2.41 bits per heavy atom. The molecule has 1 aromatic rings. The van der Waals surface area contributed by atoms with Gasteiger partial charge in [-0.3, -0.25) is 9.59 Å². The lowest BCUT2D eigenvalue weighted by atomic mass is 9.76. The number of nitrogens with zero attached hydrogens (tertiary/aromatic N) is 1. The number of aryl methyl sites for hydroxylation is 2. The smallest absolute Gasteiger partial charge is 0.272 e. The van der Waals surface area contributed by atoms with Gasteiger partial charge in [0.05, 0.1) is 11.3 Å². The second kappa shape index (κ2) is 10.9. The summed E-state index contributed by atoms with van der Waals surface area (Å²) >= 11 is 17.0. The third kappa shape index (κ3) is 5.97. The van der Waals surface area contributed by atoms with Gasteiger partial charge in [0, 0.05) is 19.4 Å². The molecule has 6 nitrogen and oxygen atoms in total. The summed E-state index contributed by atoms with van der Waals surface area (Å²) in [7, 11) is 0. The van der Waals surface area contributed by atoms with Crippen LogP contribution < -0.4 is 5.32 Å². The summed E-state index contributed by atoms with van der Waals surface area (Å²) in [6.45, 7) is 10.1. The van der Waals surface area contributed by atoms with E-state index in [1.165, 1.54) is 0 Å². The Bertz CT molecular complexity index is 965. The molecular weight excluding hydrogens is 475 g/mol. The van der Waals surface area contributed by atoms with Crippen LogP contribution in [0.3, 0.4) is 0 Å². The lowest BCUT2D eigenvalue weighted by Gasteiger charge is -2.28. The van der Waals surface area contributed by atoms with Gasteiger partial charge in [-0.25, -0.2) is 0 Å². The number of hydrogen-bond acceptors (Lipinski definition) is 5. The molecule has 1 unspecified atom stereocenters. The number of rotatable bonds is 7. The van der Waals surface area contributed by atoms with E-state index in [-0.39, 0.29) is 36.0 Å². The number of aliphatic hydroxyl groups excluding tert-OH is 1. The normalized spacial score (nSPS) is 17.6. The van der Waals surface area contributed by atoms with Gasteiger partial charge in [-0.1, -0.05) is 52.9 Å². The first kappa shape index (κ1) is 26.5. The molecule has 1 atom stereocenters. The number of oxime groups is 1. The standard InChI is InChI=1S/C23H29Cl3N2O4/c1-6-17(28-32-7-2)21-18(29)9-15(10-19(21)30)20-13(4)8-12(3)16(14(20)5)11-27-22(31)23(24,25)26/h8,15,29H,6-7,9-11H2,1-5H3,(H,27,31). The Labute approximate surface area is 203 Å². The lowest BCUT2D eigenvalue weighted by molar-refractivity contribution is -0.120. The van der Waals surface area contributed by atoms with Gasteiger partial charge in [-0.15, -0.1) is 0 Å². The molecule has 0 radical (unpaired) electrons. The quantitative estimate of drug-likeness (QED) is 0.285. The zero-order valence-electron chi connectivity index (χ0n) is 18.9. The van der Waals surface area contributed by atoms with E-state index in [9.17, 15) is 14.7 Å². The molecule has 0 aromatic heterocycles. The second-order valence-electron chi connectivity index (χ2n) is 7.87. The van der Waals surface area contributed by atoms with E-state index in [4.69, 9.17) is 39.6 Å². The van der Waals surface area contributed by atoms with Crippen molar-refractivity contribution in [1.82, 2.24) is 5.32 Å². The van der Waals surface area contributed by atoms with E-state index in [0.29, 0.717) is 25.2 Å². The van der Waals surface area contributed by atoms with Crippen LogP contribution in [0.4, 0.5) is 0 Å². The van der Waals surface area contributed by atoms with Crippen molar-refractivity contribution in [3.8, 4) is 0 Å². The number of alkyl halides is 3. The van der Waals surface area contributed by atoms with Gasteiger partial charge in [-0.05, 0) is 67.9 Å². The monoisotopic (exact) mass is 502 g/mol. The maximum atomic E-state index is 13.0. The fourth-order valence-electron chi connectivity index (χ4n) is 4.27. The minimum atomic E-state index is -2.04. The predicted molar refractivity (Wildman–Crippen MR) is 129 cm³/mol. The summed E-state index contributed by atoms with van der Waals surface area (Å²) in [4.78, 5) is 30.1. The van der Waals surface area contributed by atoms with Gasteiger partial charge in [0.25, 0.3) is 9.70 Å². The van der Waals surface area contributed by atoms with E-state index in [1.807, 2.05) is 33.8 Å². The molecule has 0 aliphatic heterocycles. The largest absolute Gasteiger partial charge is 0.511 e. The van der Waals surface area contributed by atoms with Gasteiger partial charge >= 0.3 is 0 Å². The molecule has 0 spiro atoms. The molecule has 32 heavy (non-hydrogen) atoms. The molecule has 0 bridgehead atoms. The van der Waals surface area contributed by atoms with Crippen molar-refractivity contribution in [1.29, 1.82) is 0 Å². The summed E-state index contributed by atoms with van der Waals surface area (Å²) in [5.74, 6) is -1.04. The number of benzene rings is 1. The number of halogens is 3. The Kier molecular flexibility index (Phi) is 9.03. The van der Waals surface area contributed by atoms with E-state index in [0.717, 1.165) is 27.8 Å². The van der Waals surface area contributed by atoms with E-state index < -0.39 is 9.70 Å². The Morgan fingerprint density at radius 1 is 1.22 bits per heavy atom. The van der Waals surface area contributed by atoms with Crippen molar-refractivity contribution >= 4 is 52.2 Å². The number of allylic oxidation sites excluding steroid dienone is 2. The number of aliphatic hydroxyl groups is 1. The summed E-state index contributed by atoms with van der Waals surface area (Å²) < 4.78 is -2.04. The van der Waals surface area contributed by atoms with Crippen LogP contribution in [-0.2, 0) is 21.0 Å². The van der Waals surface area contributed by atoms with Crippen molar-refractivity contribution in [2.24, 2.45) is 5.16 Å². The van der Waals surface area contributed by atoms with Gasteiger partial charge in [0.15, 0.2) is 5.78 Å². The zero-order chi connectivity index (χ0) is 24.2. The lowest BCUT2D eigenvalue weighted by Crippen LogP contribution is -2.34. The number of nitrogens with one attached hydrogen (secondary N) is 1. The number of carbonyl (C=O) groups excluding carboxylic acids is 2. The first-order chi connectivity index (χ1) is 14.9. The molecule has 1 amide bonds. The molecule has 1 aliphatic rings. The van der Waals surface area contributed by atoms with Crippen LogP contribution in [0.15, 0.2) is 22.6 Å². The molecule has 176 valence electrons. The fourth-order valence-corrected chi connectivity index (χ4v) is 4.47. The average Bonchev–Trinajstić information content (AvgIpc) is 2.68. The van der Waals surface area contributed by atoms with Gasteiger partial charge in [0.1, 0.15) is 12.4 Å². The zero-order valence-corrected chi connectivity index (χ0v) is 21.2. The fraction of sp³-hybridized carbons (Fsp3) is 0.522. The Balaban J connectivity index is 2.40. The van der Waals surface area contributed by atoms with Gasteiger partial charge in [0.2, 0.25) is 0 Å². The van der Waals surface area contributed by atoms with Crippen molar-refractivity contribution in [2.45, 2.75) is 70.1 Å². The molecule has 1 aromatic carbocycles. The third-order valence-corrected chi connectivity index (χ3v) is 6.16. The molecule has 0 saturated heterocycles. The number of amides is 1. The van der Waals surface area contributed by atoms with Crippen molar-refractivity contribution in [3.63, 3.8) is 0 Å². The number of hydrogen-bond donors (Lipinski definition) is 2. The predicted octanol–water partition coefficient (Wildman–Crippen LogP) is 5.66. The summed E-state index contributed by atoms with van der Waals surface area (Å²) in [5.41, 5.74) is 5.53. The average molecular weight is 504 g/mol. The molecule has 9 heteroatoms. The molecule has 0 fully saturated rings. The van der Waals surface area contributed by atoms with Gasteiger partial charge < -0.3 is 15.3 Å². The number of ketones is 1. The van der Waals surface area contributed by atoms with Crippen LogP contribution in [0.2, 0.25) is 0 Å². The summed E-state index contributed by atoms with van der Waals surface area (Å²) in [6.07, 6.45) is 1.04. The Morgan fingerprint density at radius 2 is 1.88 bits per heavy atom. The van der Waals surface area contributed by atoms with E-state index in [1.54, 1.807) is 6.92 Å². The summed E-state index contributed by atoms with van der Waals surface area (Å²) in [5, 5.41) is 17.4. The summed E-state index contributed by atoms with van der Waals surface area (Å²) in [6, 6.07) is 2.01. The maximum absolute atomic E-state index is 13.0. The SMILES string of the molecule is CCON=C(CC)C1=C(O)CC(c2c(C)cc(C)c(CNC(=O)C(Cl)(Cl)Cl)c2C)CC1=O. The van der Waals surface area contributed by atoms with E-state index >= 15 is 0 Å². The molecule has 2 N–H and O–H groups in total. The first-order valence-corrected chi connectivity index (χ1v) is 11.6. The maximum Gasteiger partial charge on any atom is 0.272 e. The molecule has 2 rings (SSSR count). The number of Topliss-reactive ketones (excluding diaryl/α,β-unsaturated/α-hetero) is 1. The molecule has 0 saturated carbocycles. The highest BCUT2D eigenvalue weighted by Gasteiger charge is 2.34.